The number of carbonyl (C=O) groups is 2. The fraction of sp³-hybridized carbons (Fsp3) is 0.941. The standard InChI is InChI=1S/C34H65N5O2/c1-12-15-18-37-29(40)35(27-23-31(4,5)38(19-16-13-2)32(6,7)24-27)21-22-36(30(37)41)28-25-33(8,9)39(20-17-14-3)34(10,11)26-28/h27-28H,12-26H2,1-11H3. The fourth-order valence-corrected chi connectivity index (χ4v) is 8.80. The zero-order chi connectivity index (χ0) is 30.8. The van der Waals surface area contributed by atoms with E-state index in [1.165, 1.54) is 25.7 Å². The van der Waals surface area contributed by atoms with Crippen molar-refractivity contribution in [2.24, 2.45) is 0 Å². The van der Waals surface area contributed by atoms with Crippen molar-refractivity contribution in [3.8, 4) is 0 Å². The summed E-state index contributed by atoms with van der Waals surface area (Å²) in [6.07, 6.45) is 10.3. The number of hydrogen-bond donors (Lipinski definition) is 0. The van der Waals surface area contributed by atoms with Gasteiger partial charge in [-0.3, -0.25) is 9.80 Å². The topological polar surface area (TPSA) is 50.3 Å². The Balaban J connectivity index is 1.90. The van der Waals surface area contributed by atoms with Crippen LogP contribution in [-0.2, 0) is 0 Å². The largest absolute Gasteiger partial charge is 0.328 e. The molecular weight excluding hydrogens is 510 g/mol. The normalized spacial score (nSPS) is 26.1. The third-order valence-corrected chi connectivity index (χ3v) is 10.5. The van der Waals surface area contributed by atoms with Crippen LogP contribution in [-0.4, -0.2) is 104 Å². The average molecular weight is 576 g/mol. The Bertz CT molecular complexity index is 794. The lowest BCUT2D eigenvalue weighted by molar-refractivity contribution is -0.0633. The average Bonchev–Trinajstić information content (AvgIpc) is 2.95. The van der Waals surface area contributed by atoms with E-state index >= 15 is 0 Å². The van der Waals surface area contributed by atoms with Crippen molar-refractivity contribution in [2.75, 3.05) is 32.7 Å². The van der Waals surface area contributed by atoms with Crippen LogP contribution in [0.25, 0.3) is 0 Å². The molecule has 41 heavy (non-hydrogen) atoms. The highest BCUT2D eigenvalue weighted by Gasteiger charge is 2.51. The molecule has 0 saturated carbocycles. The number of urea groups is 2. The highest BCUT2D eigenvalue weighted by Crippen LogP contribution is 2.43. The Morgan fingerprint density at radius 1 is 0.537 bits per heavy atom. The first-order valence-corrected chi connectivity index (χ1v) is 17.0. The lowest BCUT2D eigenvalue weighted by Crippen LogP contribution is -2.65. The van der Waals surface area contributed by atoms with Gasteiger partial charge in [-0.1, -0.05) is 40.0 Å². The van der Waals surface area contributed by atoms with E-state index in [1.54, 1.807) is 4.90 Å². The Labute approximate surface area is 253 Å². The van der Waals surface area contributed by atoms with Crippen molar-refractivity contribution < 1.29 is 9.59 Å². The van der Waals surface area contributed by atoms with E-state index in [0.717, 1.165) is 51.6 Å². The van der Waals surface area contributed by atoms with Crippen molar-refractivity contribution in [1.82, 2.24) is 24.5 Å². The van der Waals surface area contributed by atoms with Crippen molar-refractivity contribution in [3.05, 3.63) is 0 Å². The molecule has 7 heteroatoms. The van der Waals surface area contributed by atoms with E-state index in [4.69, 9.17) is 0 Å². The summed E-state index contributed by atoms with van der Waals surface area (Å²) in [5.41, 5.74) is -0.0338. The highest BCUT2D eigenvalue weighted by molar-refractivity contribution is 5.94. The van der Waals surface area contributed by atoms with E-state index < -0.39 is 0 Å². The van der Waals surface area contributed by atoms with Crippen molar-refractivity contribution >= 4 is 12.1 Å². The zero-order valence-electron chi connectivity index (χ0n) is 28.8. The highest BCUT2D eigenvalue weighted by atomic mass is 16.2. The molecule has 3 saturated heterocycles. The van der Waals surface area contributed by atoms with Crippen molar-refractivity contribution in [2.45, 2.75) is 175 Å². The Kier molecular flexibility index (Phi) is 10.9. The van der Waals surface area contributed by atoms with E-state index in [0.29, 0.717) is 19.6 Å². The van der Waals surface area contributed by atoms with Crippen LogP contribution in [0.4, 0.5) is 9.59 Å². The first-order valence-electron chi connectivity index (χ1n) is 17.0. The molecule has 3 rings (SSSR count). The Morgan fingerprint density at radius 3 is 1.12 bits per heavy atom. The molecule has 3 heterocycles. The third-order valence-electron chi connectivity index (χ3n) is 10.5. The molecule has 0 aromatic rings. The van der Waals surface area contributed by atoms with E-state index in [2.05, 4.69) is 95.8 Å². The number of carbonyl (C=O) groups excluding carboxylic acids is 2. The molecule has 0 N–H and O–H groups in total. The predicted octanol–water partition coefficient (Wildman–Crippen LogP) is 7.59. The molecule has 3 fully saturated rings. The van der Waals surface area contributed by atoms with E-state index in [9.17, 15) is 9.59 Å². The Hall–Kier alpha value is -1.34. The monoisotopic (exact) mass is 576 g/mol. The smallest absolute Gasteiger partial charge is 0.319 e. The predicted molar refractivity (Wildman–Crippen MR) is 171 cm³/mol. The van der Waals surface area contributed by atoms with Gasteiger partial charge in [0.2, 0.25) is 0 Å². The lowest BCUT2D eigenvalue weighted by Gasteiger charge is -2.57. The summed E-state index contributed by atoms with van der Waals surface area (Å²) in [6, 6.07) is 0.129. The molecule has 0 atom stereocenters. The van der Waals surface area contributed by atoms with Gasteiger partial charge in [0, 0.05) is 53.9 Å². The summed E-state index contributed by atoms with van der Waals surface area (Å²) in [6.45, 7) is 29.4. The second-order valence-corrected chi connectivity index (χ2v) is 15.8. The second-order valence-electron chi connectivity index (χ2n) is 15.8. The Morgan fingerprint density at radius 2 is 0.829 bits per heavy atom. The molecule has 0 aliphatic carbocycles. The van der Waals surface area contributed by atoms with Crippen LogP contribution >= 0.6 is 0 Å². The number of rotatable bonds is 11. The SMILES string of the molecule is CCCCN1C(=O)N(C2CC(C)(C)N(CCCC)C(C)(C)C2)CCN(C2CC(C)(C)N(CCCC)C(C)(C)C2)C1=O. The lowest BCUT2D eigenvalue weighted by atomic mass is 9.76. The van der Waals surface area contributed by atoms with Crippen molar-refractivity contribution in [3.63, 3.8) is 0 Å². The number of piperidine rings is 2. The van der Waals surface area contributed by atoms with Crippen LogP contribution in [0.5, 0.6) is 0 Å². The van der Waals surface area contributed by atoms with Crippen LogP contribution in [0.15, 0.2) is 0 Å². The van der Waals surface area contributed by atoms with Crippen LogP contribution in [0, 0.1) is 0 Å². The second kappa shape index (κ2) is 13.1. The van der Waals surface area contributed by atoms with E-state index in [1.807, 2.05) is 0 Å². The van der Waals surface area contributed by atoms with Gasteiger partial charge >= 0.3 is 12.1 Å². The number of hydrogen-bond acceptors (Lipinski definition) is 4. The van der Waals surface area contributed by atoms with Crippen LogP contribution < -0.4 is 0 Å². The van der Waals surface area contributed by atoms with Gasteiger partial charge in [0.15, 0.2) is 0 Å². The first-order chi connectivity index (χ1) is 19.0. The molecular formula is C34H65N5O2. The summed E-state index contributed by atoms with van der Waals surface area (Å²) in [5, 5.41) is 0. The number of amides is 4. The van der Waals surface area contributed by atoms with Gasteiger partial charge < -0.3 is 9.80 Å². The summed E-state index contributed by atoms with van der Waals surface area (Å²) >= 11 is 0. The minimum Gasteiger partial charge on any atom is -0.319 e. The van der Waals surface area contributed by atoms with Gasteiger partial charge in [0.1, 0.15) is 0 Å². The maximum absolute atomic E-state index is 14.3. The maximum Gasteiger partial charge on any atom is 0.328 e. The molecule has 3 aliphatic rings. The molecule has 0 aromatic carbocycles. The number of likely N-dealkylation sites (tertiary alicyclic amines) is 2. The summed E-state index contributed by atoms with van der Waals surface area (Å²) in [7, 11) is 0. The van der Waals surface area contributed by atoms with Crippen LogP contribution in [0.3, 0.4) is 0 Å². The quantitative estimate of drug-likeness (QED) is 0.255. The third kappa shape index (κ3) is 7.42. The zero-order valence-corrected chi connectivity index (χ0v) is 28.8. The summed E-state index contributed by atoms with van der Waals surface area (Å²) < 4.78 is 0. The molecule has 0 radical (unpaired) electrons. The number of nitrogens with zero attached hydrogens (tertiary/aromatic N) is 5. The first kappa shape index (κ1) is 34.2. The van der Waals surface area contributed by atoms with Gasteiger partial charge in [-0.25, -0.2) is 14.5 Å². The van der Waals surface area contributed by atoms with Gasteiger partial charge in [-0.15, -0.1) is 0 Å². The molecule has 4 amide bonds. The van der Waals surface area contributed by atoms with E-state index in [-0.39, 0.29) is 46.3 Å². The van der Waals surface area contributed by atoms with Crippen molar-refractivity contribution in [1.29, 1.82) is 0 Å². The van der Waals surface area contributed by atoms with Crippen LogP contribution in [0.1, 0.15) is 140 Å². The molecule has 7 nitrogen and oxygen atoms in total. The summed E-state index contributed by atoms with van der Waals surface area (Å²) in [4.78, 5) is 39.7. The molecule has 3 aliphatic heterocycles. The van der Waals surface area contributed by atoms with Crippen LogP contribution in [0.2, 0.25) is 0 Å². The molecule has 0 aromatic heterocycles. The van der Waals surface area contributed by atoms with Gasteiger partial charge in [-0.05, 0) is 113 Å². The molecule has 0 unspecified atom stereocenters. The minimum atomic E-state index is -0.0662. The number of imide groups is 1. The molecule has 0 spiro atoms. The van der Waals surface area contributed by atoms with Gasteiger partial charge in [0.25, 0.3) is 0 Å². The molecule has 238 valence electrons. The maximum atomic E-state index is 14.3. The minimum absolute atomic E-state index is 0.00845. The van der Waals surface area contributed by atoms with Gasteiger partial charge in [0.05, 0.1) is 0 Å². The number of unbranched alkanes of at least 4 members (excludes halogenated alkanes) is 3. The fourth-order valence-electron chi connectivity index (χ4n) is 8.80. The van der Waals surface area contributed by atoms with Gasteiger partial charge in [-0.2, -0.15) is 0 Å². The molecule has 0 bridgehead atoms. The summed E-state index contributed by atoms with van der Waals surface area (Å²) in [5.74, 6) is 0.